The quantitative estimate of drug-likeness (QED) is 0.770. The first kappa shape index (κ1) is 15.9. The van der Waals surface area contributed by atoms with Gasteiger partial charge in [0.15, 0.2) is 5.82 Å². The molecule has 0 aliphatic rings. The number of nitrogens with one attached hydrogen (secondary N) is 2. The van der Waals surface area contributed by atoms with Gasteiger partial charge in [0, 0.05) is 16.8 Å². The molecule has 2 heterocycles. The van der Waals surface area contributed by atoms with E-state index in [0.29, 0.717) is 11.5 Å². The monoisotopic (exact) mass is 324 g/mol. The van der Waals surface area contributed by atoms with Crippen LogP contribution in [0, 0.1) is 0 Å². The molecule has 0 fully saturated rings. The Morgan fingerprint density at radius 3 is 2.67 bits per heavy atom. The van der Waals surface area contributed by atoms with Crippen molar-refractivity contribution >= 4 is 5.91 Å². The highest BCUT2D eigenvalue weighted by molar-refractivity contribution is 5.92. The molecule has 1 amide bonds. The number of carbonyl (C=O) groups excluding carboxylic acids is 1. The van der Waals surface area contributed by atoms with Crippen LogP contribution < -0.4 is 5.32 Å². The van der Waals surface area contributed by atoms with Crippen LogP contribution >= 0.6 is 0 Å². The molecule has 24 heavy (non-hydrogen) atoms. The first-order valence-electron chi connectivity index (χ1n) is 7.73. The average Bonchev–Trinajstić information content (AvgIpc) is 3.22. The Hall–Kier alpha value is -2.96. The molecule has 3 rings (SSSR count). The normalized spacial score (nSPS) is 11.5. The third-order valence-corrected chi connectivity index (χ3v) is 3.68. The largest absolute Gasteiger partial charge is 0.343 e. The van der Waals surface area contributed by atoms with Crippen LogP contribution in [0.3, 0.4) is 0 Å². The predicted octanol–water partition coefficient (Wildman–Crippen LogP) is 2.22. The lowest BCUT2D eigenvalue weighted by atomic mass is 9.92. The van der Waals surface area contributed by atoms with Gasteiger partial charge in [-0.25, -0.2) is 0 Å². The second kappa shape index (κ2) is 6.27. The SMILES string of the molecule is CC(C)(C)c1cc(C(=O)NCc2nncn2-c2ccccc2)n[nH]1. The number of para-hydroxylation sites is 1. The molecule has 0 aliphatic heterocycles. The molecule has 124 valence electrons. The Morgan fingerprint density at radius 1 is 1.25 bits per heavy atom. The van der Waals surface area contributed by atoms with E-state index in [2.05, 4.69) is 46.5 Å². The van der Waals surface area contributed by atoms with E-state index in [4.69, 9.17) is 0 Å². The van der Waals surface area contributed by atoms with Crippen LogP contribution in [-0.2, 0) is 12.0 Å². The minimum absolute atomic E-state index is 0.0843. The molecular formula is C17H20N6O. The maximum atomic E-state index is 12.3. The number of amides is 1. The van der Waals surface area contributed by atoms with Crippen molar-refractivity contribution < 1.29 is 4.79 Å². The predicted molar refractivity (Wildman–Crippen MR) is 89.8 cm³/mol. The Labute approximate surface area is 140 Å². The highest BCUT2D eigenvalue weighted by atomic mass is 16.1. The summed E-state index contributed by atoms with van der Waals surface area (Å²) >= 11 is 0. The number of benzene rings is 1. The molecule has 0 aliphatic carbocycles. The lowest BCUT2D eigenvalue weighted by Crippen LogP contribution is -2.25. The van der Waals surface area contributed by atoms with Gasteiger partial charge in [0.1, 0.15) is 12.0 Å². The molecule has 0 bridgehead atoms. The van der Waals surface area contributed by atoms with Gasteiger partial charge in [0.2, 0.25) is 0 Å². The topological polar surface area (TPSA) is 88.5 Å². The summed E-state index contributed by atoms with van der Waals surface area (Å²) in [6, 6.07) is 11.5. The van der Waals surface area contributed by atoms with E-state index in [1.165, 1.54) is 0 Å². The smallest absolute Gasteiger partial charge is 0.272 e. The van der Waals surface area contributed by atoms with Crippen LogP contribution in [0.5, 0.6) is 0 Å². The second-order valence-electron chi connectivity index (χ2n) is 6.55. The van der Waals surface area contributed by atoms with Gasteiger partial charge in [0.05, 0.1) is 6.54 Å². The van der Waals surface area contributed by atoms with Gasteiger partial charge in [-0.05, 0) is 18.2 Å². The van der Waals surface area contributed by atoms with Gasteiger partial charge < -0.3 is 5.32 Å². The van der Waals surface area contributed by atoms with Crippen molar-refractivity contribution in [1.82, 2.24) is 30.3 Å². The molecule has 0 atom stereocenters. The van der Waals surface area contributed by atoms with E-state index in [1.807, 2.05) is 34.9 Å². The third kappa shape index (κ3) is 3.34. The molecule has 7 nitrogen and oxygen atoms in total. The summed E-state index contributed by atoms with van der Waals surface area (Å²) in [4.78, 5) is 12.3. The molecule has 0 unspecified atom stereocenters. The first-order valence-corrected chi connectivity index (χ1v) is 7.73. The summed E-state index contributed by atoms with van der Waals surface area (Å²) in [6.07, 6.45) is 1.63. The van der Waals surface area contributed by atoms with E-state index in [1.54, 1.807) is 12.4 Å². The van der Waals surface area contributed by atoms with Gasteiger partial charge in [0.25, 0.3) is 5.91 Å². The molecular weight excluding hydrogens is 304 g/mol. The Morgan fingerprint density at radius 2 is 2.00 bits per heavy atom. The van der Waals surface area contributed by atoms with Crippen molar-refractivity contribution in [3.05, 3.63) is 59.9 Å². The van der Waals surface area contributed by atoms with Crippen molar-refractivity contribution in [2.45, 2.75) is 32.7 Å². The Bertz CT molecular complexity index is 828. The Balaban J connectivity index is 1.70. The number of carbonyl (C=O) groups is 1. The molecule has 2 aromatic heterocycles. The number of hydrogen-bond acceptors (Lipinski definition) is 4. The average molecular weight is 324 g/mol. The van der Waals surface area contributed by atoms with Crippen LogP contribution in [0.15, 0.2) is 42.7 Å². The van der Waals surface area contributed by atoms with Crippen LogP contribution in [0.25, 0.3) is 5.69 Å². The summed E-state index contributed by atoms with van der Waals surface area (Å²) in [6.45, 7) is 6.45. The van der Waals surface area contributed by atoms with E-state index in [0.717, 1.165) is 11.4 Å². The third-order valence-electron chi connectivity index (χ3n) is 3.68. The summed E-state index contributed by atoms with van der Waals surface area (Å²) in [5.74, 6) is 0.408. The maximum absolute atomic E-state index is 12.3. The molecule has 0 spiro atoms. The first-order chi connectivity index (χ1) is 11.4. The van der Waals surface area contributed by atoms with Crippen molar-refractivity contribution in [1.29, 1.82) is 0 Å². The Kier molecular flexibility index (Phi) is 4.16. The summed E-state index contributed by atoms with van der Waals surface area (Å²) in [5.41, 5.74) is 2.14. The van der Waals surface area contributed by atoms with Crippen LogP contribution in [0.1, 0.15) is 42.8 Å². The number of H-pyrrole nitrogens is 1. The fourth-order valence-corrected chi connectivity index (χ4v) is 2.26. The fourth-order valence-electron chi connectivity index (χ4n) is 2.26. The number of rotatable bonds is 4. The second-order valence-corrected chi connectivity index (χ2v) is 6.55. The van der Waals surface area contributed by atoms with Crippen molar-refractivity contribution in [2.24, 2.45) is 0 Å². The zero-order chi connectivity index (χ0) is 17.2. The maximum Gasteiger partial charge on any atom is 0.272 e. The zero-order valence-electron chi connectivity index (χ0n) is 13.9. The summed E-state index contributed by atoms with van der Waals surface area (Å²) < 4.78 is 1.84. The van der Waals surface area contributed by atoms with Gasteiger partial charge >= 0.3 is 0 Å². The van der Waals surface area contributed by atoms with E-state index in [9.17, 15) is 4.79 Å². The zero-order valence-corrected chi connectivity index (χ0v) is 13.9. The fraction of sp³-hybridized carbons (Fsp3) is 0.294. The van der Waals surface area contributed by atoms with Crippen molar-refractivity contribution in [2.75, 3.05) is 0 Å². The van der Waals surface area contributed by atoms with Crippen molar-refractivity contribution in [3.8, 4) is 5.69 Å². The van der Waals surface area contributed by atoms with E-state index >= 15 is 0 Å². The van der Waals surface area contributed by atoms with Crippen molar-refractivity contribution in [3.63, 3.8) is 0 Å². The van der Waals surface area contributed by atoms with Gasteiger partial charge in [-0.15, -0.1) is 10.2 Å². The number of hydrogen-bond donors (Lipinski definition) is 2. The van der Waals surface area contributed by atoms with Gasteiger partial charge in [-0.1, -0.05) is 39.0 Å². The lowest BCUT2D eigenvalue weighted by molar-refractivity contribution is 0.0944. The highest BCUT2D eigenvalue weighted by Gasteiger charge is 2.19. The molecule has 0 saturated heterocycles. The van der Waals surface area contributed by atoms with Gasteiger partial charge in [-0.2, -0.15) is 5.10 Å². The molecule has 0 saturated carbocycles. The lowest BCUT2D eigenvalue weighted by Gasteiger charge is -2.14. The van der Waals surface area contributed by atoms with Crippen LogP contribution in [0.4, 0.5) is 0 Å². The van der Waals surface area contributed by atoms with E-state index < -0.39 is 0 Å². The van der Waals surface area contributed by atoms with Gasteiger partial charge in [-0.3, -0.25) is 14.5 Å². The molecule has 2 N–H and O–H groups in total. The molecule has 7 heteroatoms. The standard InChI is InChI=1S/C17H20N6O/c1-17(2,3)14-9-13(20-21-14)16(24)18-10-15-22-19-11-23(15)12-7-5-4-6-8-12/h4-9,11H,10H2,1-3H3,(H,18,24)(H,20,21). The van der Waals surface area contributed by atoms with Crippen LogP contribution in [-0.4, -0.2) is 30.9 Å². The highest BCUT2D eigenvalue weighted by Crippen LogP contribution is 2.20. The minimum Gasteiger partial charge on any atom is -0.343 e. The summed E-state index contributed by atoms with van der Waals surface area (Å²) in [7, 11) is 0. The molecule has 0 radical (unpaired) electrons. The number of nitrogens with zero attached hydrogens (tertiary/aromatic N) is 4. The summed E-state index contributed by atoms with van der Waals surface area (Å²) in [5, 5.41) is 17.8. The van der Waals surface area contributed by atoms with E-state index in [-0.39, 0.29) is 17.9 Å². The molecule has 1 aromatic carbocycles. The number of aromatic nitrogens is 5. The number of aromatic amines is 1. The minimum atomic E-state index is -0.246. The molecule has 3 aromatic rings. The van der Waals surface area contributed by atoms with Crippen LogP contribution in [0.2, 0.25) is 0 Å².